The van der Waals surface area contributed by atoms with Gasteiger partial charge in [0.25, 0.3) is 11.6 Å². The Morgan fingerprint density at radius 2 is 2.19 bits per heavy atom. The molecule has 0 aromatic carbocycles. The minimum absolute atomic E-state index is 0.0364. The molecule has 0 saturated carbocycles. The summed E-state index contributed by atoms with van der Waals surface area (Å²) in [6.07, 6.45) is -4.52. The first-order valence-electron chi connectivity index (χ1n) is 5.99. The molecule has 1 amide bonds. The Morgan fingerprint density at radius 3 is 2.62 bits per heavy atom. The third kappa shape index (κ3) is 2.40. The molecule has 6 nitrogen and oxygen atoms in total. The number of hydrogen-bond acceptors (Lipinski definition) is 4. The van der Waals surface area contributed by atoms with Gasteiger partial charge in [0, 0.05) is 19.2 Å². The Hall–Kier alpha value is -1.61. The predicted octanol–water partition coefficient (Wildman–Crippen LogP) is 1.94. The Labute approximate surface area is 122 Å². The first-order chi connectivity index (χ1) is 9.61. The number of hydrogen-bond donors (Lipinski definition) is 1. The minimum Gasteiger partial charge on any atom is -0.362 e. The lowest BCUT2D eigenvalue weighted by molar-refractivity contribution is -0.297. The monoisotopic (exact) mass is 324 g/mol. The molecule has 0 radical (unpaired) electrons. The Morgan fingerprint density at radius 1 is 1.57 bits per heavy atom. The van der Waals surface area contributed by atoms with Gasteiger partial charge in [0.2, 0.25) is 0 Å². The van der Waals surface area contributed by atoms with Crippen molar-refractivity contribution in [2.45, 2.75) is 31.7 Å². The van der Waals surface area contributed by atoms with Crippen LogP contribution in [0.3, 0.4) is 0 Å². The Kier molecular flexibility index (Phi) is 3.75. The van der Waals surface area contributed by atoms with Crippen LogP contribution in [0.2, 0.25) is 5.02 Å². The van der Waals surface area contributed by atoms with Crippen LogP contribution in [-0.2, 0) is 7.05 Å². The number of aliphatic hydroxyl groups is 1. The second-order valence-corrected chi connectivity index (χ2v) is 5.00. The molecule has 0 fully saturated rings. The molecule has 21 heavy (non-hydrogen) atoms. The van der Waals surface area contributed by atoms with Gasteiger partial charge in [-0.25, -0.2) is 0 Å². The third-order valence-corrected chi connectivity index (χ3v) is 3.47. The number of aromatic nitrogens is 2. The zero-order chi connectivity index (χ0) is 16.0. The average molecular weight is 325 g/mol. The van der Waals surface area contributed by atoms with Gasteiger partial charge in [0.1, 0.15) is 5.69 Å². The van der Waals surface area contributed by atoms with E-state index in [9.17, 15) is 23.1 Å². The van der Waals surface area contributed by atoms with Crippen molar-refractivity contribution < 1.29 is 23.1 Å². The largest absolute Gasteiger partial charge is 0.438 e. The molecule has 10 heteroatoms. The van der Waals surface area contributed by atoms with Crippen molar-refractivity contribution in [1.82, 2.24) is 14.8 Å². The second-order valence-electron chi connectivity index (χ2n) is 4.59. The summed E-state index contributed by atoms with van der Waals surface area (Å²) in [6, 6.07) is 0. The second kappa shape index (κ2) is 4.99. The maximum atomic E-state index is 13.1. The van der Waals surface area contributed by atoms with Crippen molar-refractivity contribution in [3.8, 4) is 0 Å². The van der Waals surface area contributed by atoms with Crippen LogP contribution in [0.15, 0.2) is 11.3 Å². The van der Waals surface area contributed by atoms with Gasteiger partial charge in [-0.05, 0) is 6.42 Å². The molecular formula is C11H12ClF3N4O2. The van der Waals surface area contributed by atoms with E-state index in [-0.39, 0.29) is 27.9 Å². The smallest absolute Gasteiger partial charge is 0.362 e. The number of carbonyl (C=O) groups is 1. The number of carbonyl (C=O) groups excluding carboxylic acids is 1. The quantitative estimate of drug-likeness (QED) is 0.903. The van der Waals surface area contributed by atoms with E-state index in [1.165, 1.54) is 7.05 Å². The fraction of sp³-hybridized carbons (Fsp3) is 0.545. The Balaban J connectivity index is 2.49. The fourth-order valence-corrected chi connectivity index (χ4v) is 2.25. The molecule has 1 aromatic heterocycles. The van der Waals surface area contributed by atoms with Crippen molar-refractivity contribution >= 4 is 23.2 Å². The van der Waals surface area contributed by atoms with Gasteiger partial charge in [0.15, 0.2) is 0 Å². The number of hydrazone groups is 1. The van der Waals surface area contributed by atoms with Crippen LogP contribution >= 0.6 is 11.6 Å². The molecule has 1 aliphatic rings. The lowest BCUT2D eigenvalue weighted by Gasteiger charge is -2.32. The maximum Gasteiger partial charge on any atom is 0.438 e. The van der Waals surface area contributed by atoms with Gasteiger partial charge in [0.05, 0.1) is 11.2 Å². The lowest BCUT2D eigenvalue weighted by Crippen LogP contribution is -2.56. The first kappa shape index (κ1) is 15.8. The maximum absolute atomic E-state index is 13.1. The lowest BCUT2D eigenvalue weighted by atomic mass is 10.0. The van der Waals surface area contributed by atoms with Gasteiger partial charge in [-0.1, -0.05) is 18.5 Å². The van der Waals surface area contributed by atoms with Crippen LogP contribution in [0.5, 0.6) is 0 Å². The minimum atomic E-state index is -5.05. The predicted molar refractivity (Wildman–Crippen MR) is 67.7 cm³/mol. The van der Waals surface area contributed by atoms with Crippen molar-refractivity contribution in [2.75, 3.05) is 0 Å². The molecule has 0 spiro atoms. The summed E-state index contributed by atoms with van der Waals surface area (Å²) in [5, 5.41) is 17.1. The van der Waals surface area contributed by atoms with Gasteiger partial charge in [-0.2, -0.15) is 28.4 Å². The normalized spacial score (nSPS) is 22.6. The van der Waals surface area contributed by atoms with E-state index < -0.39 is 24.2 Å². The number of rotatable bonds is 2. The SMILES string of the molecule is CCC1=NN(C(=O)c2c(Cl)cnn2C)[C@](O)(C(F)(F)F)C1. The molecule has 116 valence electrons. The van der Waals surface area contributed by atoms with Gasteiger partial charge in [-0.3, -0.25) is 9.48 Å². The van der Waals surface area contributed by atoms with Crippen LogP contribution in [0.1, 0.15) is 30.3 Å². The van der Waals surface area contributed by atoms with Crippen LogP contribution in [0.25, 0.3) is 0 Å². The summed E-state index contributed by atoms with van der Waals surface area (Å²) in [5.74, 6) is -1.16. The molecule has 2 rings (SSSR count). The molecule has 1 N–H and O–H groups in total. The molecule has 0 aliphatic carbocycles. The van der Waals surface area contributed by atoms with Gasteiger partial charge in [-0.15, -0.1) is 0 Å². The molecule has 1 aliphatic heterocycles. The summed E-state index contributed by atoms with van der Waals surface area (Å²) in [4.78, 5) is 12.3. The van der Waals surface area contributed by atoms with Crippen LogP contribution < -0.4 is 0 Å². The number of nitrogens with zero attached hydrogens (tertiary/aromatic N) is 4. The van der Waals surface area contributed by atoms with Crippen molar-refractivity contribution in [1.29, 1.82) is 0 Å². The highest BCUT2D eigenvalue weighted by Gasteiger charge is 2.63. The highest BCUT2D eigenvalue weighted by atomic mass is 35.5. The highest BCUT2D eigenvalue weighted by Crippen LogP contribution is 2.41. The molecule has 2 heterocycles. The molecule has 0 saturated heterocycles. The van der Waals surface area contributed by atoms with Crippen LogP contribution in [0, 0.1) is 0 Å². The average Bonchev–Trinajstić information content (AvgIpc) is 2.90. The van der Waals surface area contributed by atoms with E-state index in [0.717, 1.165) is 10.9 Å². The standard InChI is InChI=1S/C11H12ClF3N4O2/c1-3-6-4-10(21,11(13,14)15)19(17-6)9(20)8-7(12)5-16-18(8)2/h5,21H,3-4H2,1-2H3/t10-/m1/s1. The van der Waals surface area contributed by atoms with Gasteiger partial charge < -0.3 is 5.11 Å². The molecule has 0 bridgehead atoms. The fourth-order valence-electron chi connectivity index (χ4n) is 2.00. The first-order valence-corrected chi connectivity index (χ1v) is 6.37. The van der Waals surface area contributed by atoms with Crippen LogP contribution in [0.4, 0.5) is 13.2 Å². The highest BCUT2D eigenvalue weighted by molar-refractivity contribution is 6.33. The number of halogens is 4. The topological polar surface area (TPSA) is 70.7 Å². The summed E-state index contributed by atoms with van der Waals surface area (Å²) in [6.45, 7) is 1.58. The van der Waals surface area contributed by atoms with Crippen molar-refractivity contribution in [2.24, 2.45) is 12.1 Å². The summed E-state index contributed by atoms with van der Waals surface area (Å²) >= 11 is 5.75. The van der Waals surface area contributed by atoms with E-state index in [1.54, 1.807) is 6.92 Å². The van der Waals surface area contributed by atoms with E-state index in [1.807, 2.05) is 0 Å². The van der Waals surface area contributed by atoms with Crippen LogP contribution in [-0.4, -0.2) is 43.4 Å². The van der Waals surface area contributed by atoms with E-state index >= 15 is 0 Å². The van der Waals surface area contributed by atoms with E-state index in [2.05, 4.69) is 10.2 Å². The summed E-state index contributed by atoms with van der Waals surface area (Å²) in [5.41, 5.74) is -3.58. The molecule has 1 atom stereocenters. The number of amides is 1. The van der Waals surface area contributed by atoms with Gasteiger partial charge >= 0.3 is 6.18 Å². The zero-order valence-corrected chi connectivity index (χ0v) is 11.9. The third-order valence-electron chi connectivity index (χ3n) is 3.19. The van der Waals surface area contributed by atoms with E-state index in [0.29, 0.717) is 0 Å². The molecular weight excluding hydrogens is 313 g/mol. The molecule has 1 aromatic rings. The van der Waals surface area contributed by atoms with Crippen molar-refractivity contribution in [3.05, 3.63) is 16.9 Å². The number of aryl methyl sites for hydroxylation is 1. The molecule has 0 unspecified atom stereocenters. The summed E-state index contributed by atoms with van der Waals surface area (Å²) < 4.78 is 40.4. The van der Waals surface area contributed by atoms with E-state index in [4.69, 9.17) is 11.6 Å². The number of alkyl halides is 3. The zero-order valence-electron chi connectivity index (χ0n) is 11.1. The Bertz CT molecular complexity index is 594. The summed E-state index contributed by atoms with van der Waals surface area (Å²) in [7, 11) is 1.35. The van der Waals surface area contributed by atoms with Crippen molar-refractivity contribution in [3.63, 3.8) is 0 Å².